The van der Waals surface area contributed by atoms with E-state index in [9.17, 15) is 5.11 Å². The first-order chi connectivity index (χ1) is 10.1. The maximum absolute atomic E-state index is 10.4. The molecule has 2 aromatic carbocycles. The molecule has 21 heavy (non-hydrogen) atoms. The fourth-order valence-corrected chi connectivity index (χ4v) is 2.76. The number of benzene rings is 2. The van der Waals surface area contributed by atoms with E-state index in [1.54, 1.807) is 6.20 Å². The van der Waals surface area contributed by atoms with Gasteiger partial charge in [0.05, 0.1) is 11.6 Å². The van der Waals surface area contributed by atoms with Gasteiger partial charge in [-0.1, -0.05) is 35.9 Å². The lowest BCUT2D eigenvalue weighted by Gasteiger charge is -2.13. The predicted molar refractivity (Wildman–Crippen MR) is 86.6 cm³/mol. The van der Waals surface area contributed by atoms with Crippen LogP contribution in [-0.2, 0) is 6.42 Å². The highest BCUT2D eigenvalue weighted by Crippen LogP contribution is 2.26. The fourth-order valence-electron chi connectivity index (χ4n) is 2.45. The average molecular weight is 298 g/mol. The number of nitrogens with zero attached hydrogens (tertiary/aromatic N) is 1. The molecule has 0 aliphatic rings. The summed E-state index contributed by atoms with van der Waals surface area (Å²) in [6.45, 7) is 2.00. The molecule has 0 saturated heterocycles. The Bertz CT molecular complexity index is 785. The monoisotopic (exact) mass is 297 g/mol. The first-order valence-electron chi connectivity index (χ1n) is 6.91. The summed E-state index contributed by atoms with van der Waals surface area (Å²) in [5.74, 6) is 0. The molecule has 3 heteroatoms. The Morgan fingerprint density at radius 3 is 2.81 bits per heavy atom. The Morgan fingerprint density at radius 2 is 2.00 bits per heavy atom. The van der Waals surface area contributed by atoms with Crippen molar-refractivity contribution in [3.05, 3.63) is 76.4 Å². The third-order valence-corrected chi connectivity index (χ3v) is 3.99. The maximum atomic E-state index is 10.4. The molecule has 106 valence electrons. The summed E-state index contributed by atoms with van der Waals surface area (Å²) < 4.78 is 0. The van der Waals surface area contributed by atoms with Crippen LogP contribution >= 0.6 is 11.6 Å². The van der Waals surface area contributed by atoms with E-state index >= 15 is 0 Å². The Kier molecular flexibility index (Phi) is 3.91. The van der Waals surface area contributed by atoms with E-state index in [0.29, 0.717) is 11.4 Å². The Hall–Kier alpha value is -1.90. The van der Waals surface area contributed by atoms with Gasteiger partial charge in [0, 0.05) is 23.0 Å². The molecule has 0 fully saturated rings. The zero-order valence-corrected chi connectivity index (χ0v) is 12.5. The molecule has 0 aliphatic carbocycles. The van der Waals surface area contributed by atoms with Crippen molar-refractivity contribution in [3.63, 3.8) is 0 Å². The second-order valence-electron chi connectivity index (χ2n) is 5.27. The molecule has 1 aromatic heterocycles. The van der Waals surface area contributed by atoms with Gasteiger partial charge in [-0.05, 0) is 47.9 Å². The summed E-state index contributed by atoms with van der Waals surface area (Å²) in [6.07, 6.45) is 1.70. The average Bonchev–Trinajstić information content (AvgIpc) is 2.49. The van der Waals surface area contributed by atoms with Crippen LogP contribution in [0.2, 0.25) is 5.02 Å². The van der Waals surface area contributed by atoms with E-state index < -0.39 is 6.10 Å². The normalized spacial score (nSPS) is 12.5. The van der Waals surface area contributed by atoms with E-state index in [4.69, 9.17) is 11.6 Å². The molecule has 0 saturated carbocycles. The van der Waals surface area contributed by atoms with Gasteiger partial charge < -0.3 is 5.11 Å². The molecule has 0 amide bonds. The van der Waals surface area contributed by atoms with Crippen molar-refractivity contribution in [2.45, 2.75) is 19.4 Å². The third kappa shape index (κ3) is 3.07. The highest BCUT2D eigenvalue weighted by atomic mass is 35.5. The summed E-state index contributed by atoms with van der Waals surface area (Å²) in [5.41, 5.74) is 3.89. The number of hydrogen-bond donors (Lipinski definition) is 1. The SMILES string of the molecule is Cc1ccc(CC(O)c2ccc3ncccc3c2)c(Cl)c1. The molecule has 0 bridgehead atoms. The van der Waals surface area contributed by atoms with Crippen LogP contribution in [0.1, 0.15) is 22.8 Å². The van der Waals surface area contributed by atoms with E-state index in [1.807, 2.05) is 55.5 Å². The van der Waals surface area contributed by atoms with Crippen LogP contribution in [0, 0.1) is 6.92 Å². The van der Waals surface area contributed by atoms with Gasteiger partial charge in [0.2, 0.25) is 0 Å². The molecule has 2 nitrogen and oxygen atoms in total. The topological polar surface area (TPSA) is 33.1 Å². The number of fused-ring (bicyclic) bond motifs is 1. The molecule has 0 aliphatic heterocycles. The number of aromatic nitrogens is 1. The van der Waals surface area contributed by atoms with E-state index in [1.165, 1.54) is 0 Å². The Balaban J connectivity index is 1.87. The van der Waals surface area contributed by atoms with Crippen molar-refractivity contribution in [1.29, 1.82) is 0 Å². The highest BCUT2D eigenvalue weighted by Gasteiger charge is 2.11. The van der Waals surface area contributed by atoms with Crippen LogP contribution in [0.4, 0.5) is 0 Å². The number of aliphatic hydroxyl groups is 1. The van der Waals surface area contributed by atoms with E-state index in [2.05, 4.69) is 4.98 Å². The van der Waals surface area contributed by atoms with Crippen LogP contribution in [0.3, 0.4) is 0 Å². The molecule has 1 N–H and O–H groups in total. The summed E-state index contributed by atoms with van der Waals surface area (Å²) in [6, 6.07) is 15.6. The van der Waals surface area contributed by atoms with E-state index in [0.717, 1.165) is 27.6 Å². The smallest absolute Gasteiger partial charge is 0.0831 e. The van der Waals surface area contributed by atoms with Crippen molar-refractivity contribution < 1.29 is 5.11 Å². The van der Waals surface area contributed by atoms with Crippen molar-refractivity contribution in [1.82, 2.24) is 4.98 Å². The Morgan fingerprint density at radius 1 is 1.14 bits per heavy atom. The molecule has 3 aromatic rings. The third-order valence-electron chi connectivity index (χ3n) is 3.63. The second kappa shape index (κ2) is 5.84. The van der Waals surface area contributed by atoms with Gasteiger partial charge in [-0.15, -0.1) is 0 Å². The summed E-state index contributed by atoms with van der Waals surface area (Å²) in [4.78, 5) is 4.29. The minimum atomic E-state index is -0.574. The lowest BCUT2D eigenvalue weighted by molar-refractivity contribution is 0.178. The number of pyridine rings is 1. The maximum Gasteiger partial charge on any atom is 0.0831 e. The van der Waals surface area contributed by atoms with Crippen molar-refractivity contribution in [2.24, 2.45) is 0 Å². The number of rotatable bonds is 3. The summed E-state index contributed by atoms with van der Waals surface area (Å²) in [5, 5.41) is 12.2. The van der Waals surface area contributed by atoms with Gasteiger partial charge in [0.25, 0.3) is 0 Å². The fraction of sp³-hybridized carbons (Fsp3) is 0.167. The number of aliphatic hydroxyl groups excluding tert-OH is 1. The lowest BCUT2D eigenvalue weighted by atomic mass is 9.99. The zero-order chi connectivity index (χ0) is 14.8. The van der Waals surface area contributed by atoms with Gasteiger partial charge >= 0.3 is 0 Å². The van der Waals surface area contributed by atoms with Gasteiger partial charge in [-0.2, -0.15) is 0 Å². The van der Waals surface area contributed by atoms with Crippen molar-refractivity contribution in [3.8, 4) is 0 Å². The Labute approximate surface area is 129 Å². The van der Waals surface area contributed by atoms with Gasteiger partial charge in [-0.3, -0.25) is 4.98 Å². The molecular formula is C18H16ClNO. The molecule has 1 unspecified atom stereocenters. The van der Waals surface area contributed by atoms with Crippen molar-refractivity contribution in [2.75, 3.05) is 0 Å². The quantitative estimate of drug-likeness (QED) is 0.773. The number of hydrogen-bond acceptors (Lipinski definition) is 2. The largest absolute Gasteiger partial charge is 0.388 e. The second-order valence-corrected chi connectivity index (χ2v) is 5.68. The minimum Gasteiger partial charge on any atom is -0.388 e. The first-order valence-corrected chi connectivity index (χ1v) is 7.29. The molecule has 1 atom stereocenters. The molecule has 0 spiro atoms. The minimum absolute atomic E-state index is 0.505. The van der Waals surface area contributed by atoms with Crippen LogP contribution in [0.25, 0.3) is 10.9 Å². The van der Waals surface area contributed by atoms with Crippen LogP contribution in [0.5, 0.6) is 0 Å². The van der Waals surface area contributed by atoms with Gasteiger partial charge in [0.15, 0.2) is 0 Å². The van der Waals surface area contributed by atoms with Crippen LogP contribution in [-0.4, -0.2) is 10.1 Å². The summed E-state index contributed by atoms with van der Waals surface area (Å²) in [7, 11) is 0. The molecular weight excluding hydrogens is 282 g/mol. The first kappa shape index (κ1) is 14.1. The van der Waals surface area contributed by atoms with Crippen LogP contribution in [0.15, 0.2) is 54.7 Å². The van der Waals surface area contributed by atoms with Crippen molar-refractivity contribution >= 4 is 22.5 Å². The highest BCUT2D eigenvalue weighted by molar-refractivity contribution is 6.31. The number of halogens is 1. The van der Waals surface area contributed by atoms with Gasteiger partial charge in [-0.25, -0.2) is 0 Å². The van der Waals surface area contributed by atoms with E-state index in [-0.39, 0.29) is 0 Å². The predicted octanol–water partition coefficient (Wildman–Crippen LogP) is 4.47. The number of aryl methyl sites for hydroxylation is 1. The lowest BCUT2D eigenvalue weighted by Crippen LogP contribution is -2.02. The molecule has 1 heterocycles. The van der Waals surface area contributed by atoms with Crippen LogP contribution < -0.4 is 0 Å². The standard InChI is InChI=1S/C18H16ClNO/c1-12-4-5-13(16(19)9-12)11-18(21)15-6-7-17-14(10-15)3-2-8-20-17/h2-10,18,21H,11H2,1H3. The molecule has 3 rings (SSSR count). The summed E-state index contributed by atoms with van der Waals surface area (Å²) >= 11 is 6.24. The zero-order valence-electron chi connectivity index (χ0n) is 11.8. The van der Waals surface area contributed by atoms with Gasteiger partial charge in [0.1, 0.15) is 0 Å². The molecule has 0 radical (unpaired) electrons.